The lowest BCUT2D eigenvalue weighted by Gasteiger charge is -2.14. The second-order valence-corrected chi connectivity index (χ2v) is 5.43. The van der Waals surface area contributed by atoms with E-state index in [1.807, 2.05) is 12.1 Å². The summed E-state index contributed by atoms with van der Waals surface area (Å²) in [4.78, 5) is 4.29. The molecule has 23 heavy (non-hydrogen) atoms. The van der Waals surface area contributed by atoms with Gasteiger partial charge in [0.15, 0.2) is 11.5 Å². The first-order valence-electron chi connectivity index (χ1n) is 6.73. The van der Waals surface area contributed by atoms with Crippen LogP contribution in [-0.4, -0.2) is 35.9 Å². The molecule has 0 radical (unpaired) electrons. The van der Waals surface area contributed by atoms with Crippen LogP contribution in [-0.2, 0) is 0 Å². The Kier molecular flexibility index (Phi) is 4.24. The first-order valence-corrected chi connectivity index (χ1v) is 7.53. The molecule has 1 N–H and O–H groups in total. The highest BCUT2D eigenvalue weighted by Crippen LogP contribution is 2.40. The molecule has 3 aromatic rings. The number of fused-ring (bicyclic) bond motifs is 1. The normalized spacial score (nSPS) is 10.6. The fraction of sp³-hybridized carbons (Fsp3) is 0.200. The minimum atomic E-state index is 0.448. The van der Waals surface area contributed by atoms with Gasteiger partial charge in [-0.3, -0.25) is 0 Å². The van der Waals surface area contributed by atoms with Crippen LogP contribution in [0.15, 0.2) is 35.1 Å². The quantitative estimate of drug-likeness (QED) is 0.734. The van der Waals surface area contributed by atoms with Gasteiger partial charge in [0.25, 0.3) is 0 Å². The Morgan fingerprint density at radius 1 is 1.04 bits per heavy atom. The highest BCUT2D eigenvalue weighted by Gasteiger charge is 2.14. The van der Waals surface area contributed by atoms with E-state index in [2.05, 4.69) is 31.3 Å². The van der Waals surface area contributed by atoms with Crippen molar-refractivity contribution in [3.8, 4) is 17.2 Å². The summed E-state index contributed by atoms with van der Waals surface area (Å²) in [5, 5.41) is 7.55. The van der Waals surface area contributed by atoms with Crippen LogP contribution in [0.4, 0.5) is 11.6 Å². The van der Waals surface area contributed by atoms with Crippen LogP contribution in [0.2, 0.25) is 0 Å². The number of benzene rings is 1. The van der Waals surface area contributed by atoms with Crippen molar-refractivity contribution in [2.45, 2.75) is 0 Å². The molecular formula is C15H15BrN4O3. The SMILES string of the molecule is COc1cc(Nc2ncc3ccc(Br)n3n2)cc(OC)c1OC. The summed E-state index contributed by atoms with van der Waals surface area (Å²) in [5.41, 5.74) is 1.62. The van der Waals surface area contributed by atoms with Crippen molar-refractivity contribution in [1.29, 1.82) is 0 Å². The number of nitrogens with one attached hydrogen (secondary N) is 1. The molecule has 0 saturated heterocycles. The number of hydrogen-bond acceptors (Lipinski definition) is 6. The molecule has 3 rings (SSSR count). The fourth-order valence-electron chi connectivity index (χ4n) is 2.21. The molecular weight excluding hydrogens is 364 g/mol. The number of halogens is 1. The topological polar surface area (TPSA) is 69.9 Å². The Morgan fingerprint density at radius 3 is 2.35 bits per heavy atom. The lowest BCUT2D eigenvalue weighted by molar-refractivity contribution is 0.324. The standard InChI is InChI=1S/C15H15BrN4O3/c1-21-11-6-9(7-12(22-2)14(11)23-3)18-15-17-8-10-4-5-13(16)20(10)19-15/h4-8H,1-3H3,(H,18,19). The molecule has 0 saturated carbocycles. The molecule has 1 aromatic carbocycles. The van der Waals surface area contributed by atoms with Crippen LogP contribution in [0, 0.1) is 0 Å². The van der Waals surface area contributed by atoms with E-state index in [-0.39, 0.29) is 0 Å². The molecule has 7 nitrogen and oxygen atoms in total. The summed E-state index contributed by atoms with van der Waals surface area (Å²) in [6.07, 6.45) is 1.73. The van der Waals surface area contributed by atoms with E-state index in [1.165, 1.54) is 0 Å². The van der Waals surface area contributed by atoms with E-state index in [0.29, 0.717) is 23.2 Å². The molecule has 0 unspecified atom stereocenters. The molecule has 0 atom stereocenters. The average molecular weight is 379 g/mol. The summed E-state index contributed by atoms with van der Waals surface area (Å²) in [5.74, 6) is 2.09. The Hall–Kier alpha value is -2.48. The molecule has 0 fully saturated rings. The van der Waals surface area contributed by atoms with Crippen LogP contribution in [0.3, 0.4) is 0 Å². The Balaban J connectivity index is 1.99. The first kappa shape index (κ1) is 15.4. The van der Waals surface area contributed by atoms with Crippen molar-refractivity contribution in [1.82, 2.24) is 14.6 Å². The number of aromatic nitrogens is 3. The van der Waals surface area contributed by atoms with Gasteiger partial charge in [-0.25, -0.2) is 9.50 Å². The number of nitrogens with zero attached hydrogens (tertiary/aromatic N) is 3. The van der Waals surface area contributed by atoms with E-state index < -0.39 is 0 Å². The predicted octanol–water partition coefficient (Wildman–Crippen LogP) is 3.26. The third-order valence-electron chi connectivity index (χ3n) is 3.27. The van der Waals surface area contributed by atoms with Crippen molar-refractivity contribution in [3.05, 3.63) is 35.1 Å². The number of ether oxygens (including phenoxy) is 3. The van der Waals surface area contributed by atoms with Gasteiger partial charge in [-0.05, 0) is 28.1 Å². The number of methoxy groups -OCH3 is 3. The molecule has 0 amide bonds. The van der Waals surface area contributed by atoms with Crippen molar-refractivity contribution in [2.75, 3.05) is 26.6 Å². The second-order valence-electron chi connectivity index (χ2n) is 4.61. The third-order valence-corrected chi connectivity index (χ3v) is 3.87. The van der Waals surface area contributed by atoms with Gasteiger partial charge in [-0.15, -0.1) is 5.10 Å². The van der Waals surface area contributed by atoms with Gasteiger partial charge in [-0.1, -0.05) is 0 Å². The van der Waals surface area contributed by atoms with Crippen molar-refractivity contribution in [2.24, 2.45) is 0 Å². The minimum Gasteiger partial charge on any atom is -0.493 e. The van der Waals surface area contributed by atoms with E-state index in [1.54, 1.807) is 44.2 Å². The third kappa shape index (κ3) is 2.89. The van der Waals surface area contributed by atoms with Gasteiger partial charge in [0, 0.05) is 17.8 Å². The second kappa shape index (κ2) is 6.33. The van der Waals surface area contributed by atoms with E-state index in [4.69, 9.17) is 14.2 Å². The highest BCUT2D eigenvalue weighted by atomic mass is 79.9. The highest BCUT2D eigenvalue weighted by molar-refractivity contribution is 9.10. The van der Waals surface area contributed by atoms with E-state index in [9.17, 15) is 0 Å². The molecule has 0 bridgehead atoms. The van der Waals surface area contributed by atoms with E-state index >= 15 is 0 Å². The molecule has 8 heteroatoms. The number of rotatable bonds is 5. The Labute approximate surface area is 141 Å². The molecule has 0 spiro atoms. The minimum absolute atomic E-state index is 0.448. The summed E-state index contributed by atoms with van der Waals surface area (Å²) in [6, 6.07) is 7.42. The van der Waals surface area contributed by atoms with E-state index in [0.717, 1.165) is 15.8 Å². The monoisotopic (exact) mass is 378 g/mol. The predicted molar refractivity (Wildman–Crippen MR) is 90.1 cm³/mol. The fourth-order valence-corrected chi connectivity index (χ4v) is 2.63. The zero-order chi connectivity index (χ0) is 16.4. The lowest BCUT2D eigenvalue weighted by atomic mass is 10.2. The van der Waals surface area contributed by atoms with Gasteiger partial charge in [0.05, 0.1) is 33.0 Å². The summed E-state index contributed by atoms with van der Waals surface area (Å²) in [6.45, 7) is 0. The van der Waals surface area contributed by atoms with Gasteiger partial charge in [0.2, 0.25) is 11.7 Å². The maximum atomic E-state index is 5.34. The molecule has 2 heterocycles. The molecule has 2 aromatic heterocycles. The molecule has 0 aliphatic carbocycles. The van der Waals surface area contributed by atoms with Crippen molar-refractivity contribution in [3.63, 3.8) is 0 Å². The van der Waals surface area contributed by atoms with Gasteiger partial charge < -0.3 is 19.5 Å². The molecule has 120 valence electrons. The van der Waals surface area contributed by atoms with Gasteiger partial charge in [-0.2, -0.15) is 0 Å². The summed E-state index contributed by atoms with van der Waals surface area (Å²) < 4.78 is 18.6. The average Bonchev–Trinajstić information content (AvgIpc) is 2.94. The van der Waals surface area contributed by atoms with Crippen LogP contribution < -0.4 is 19.5 Å². The van der Waals surface area contributed by atoms with Crippen LogP contribution in [0.1, 0.15) is 0 Å². The number of anilines is 2. The van der Waals surface area contributed by atoms with Crippen molar-refractivity contribution < 1.29 is 14.2 Å². The zero-order valence-electron chi connectivity index (χ0n) is 12.8. The Bertz CT molecular complexity index is 825. The van der Waals surface area contributed by atoms with Crippen LogP contribution in [0.5, 0.6) is 17.2 Å². The molecule has 0 aliphatic rings. The first-order chi connectivity index (χ1) is 11.2. The maximum absolute atomic E-state index is 5.34. The Morgan fingerprint density at radius 2 is 1.74 bits per heavy atom. The lowest BCUT2D eigenvalue weighted by Crippen LogP contribution is -2.03. The van der Waals surface area contributed by atoms with Gasteiger partial charge >= 0.3 is 0 Å². The van der Waals surface area contributed by atoms with Crippen molar-refractivity contribution >= 4 is 33.1 Å². The number of hydrogen-bond donors (Lipinski definition) is 1. The summed E-state index contributed by atoms with van der Waals surface area (Å²) >= 11 is 3.44. The van der Waals surface area contributed by atoms with Gasteiger partial charge in [0.1, 0.15) is 4.60 Å². The molecule has 0 aliphatic heterocycles. The smallest absolute Gasteiger partial charge is 0.245 e. The largest absolute Gasteiger partial charge is 0.493 e. The van der Waals surface area contributed by atoms with Crippen LogP contribution >= 0.6 is 15.9 Å². The maximum Gasteiger partial charge on any atom is 0.245 e. The zero-order valence-corrected chi connectivity index (χ0v) is 14.4. The summed E-state index contributed by atoms with van der Waals surface area (Å²) in [7, 11) is 4.70. The van der Waals surface area contributed by atoms with Crippen LogP contribution in [0.25, 0.3) is 5.52 Å².